The first kappa shape index (κ1) is 22.4. The highest BCUT2D eigenvalue weighted by Crippen LogP contribution is 2.26. The number of aliphatic imine (C=N–C) groups is 1. The van der Waals surface area contributed by atoms with E-state index in [-0.39, 0.29) is 11.7 Å². The maximum atomic E-state index is 14.0. The topological polar surface area (TPSA) is 42.9 Å². The number of nitrogens with one attached hydrogen (secondary N) is 2. The zero-order chi connectivity index (χ0) is 20.4. The van der Waals surface area contributed by atoms with Crippen LogP contribution in [-0.4, -0.2) is 64.2 Å². The molecule has 1 aliphatic rings. The lowest BCUT2D eigenvalue weighted by atomic mass is 10.1. The molecule has 1 unspecified atom stereocenters. The number of benzene rings is 1. The van der Waals surface area contributed by atoms with Gasteiger partial charge in [-0.1, -0.05) is 25.3 Å². The highest BCUT2D eigenvalue weighted by molar-refractivity contribution is 5.80. The molecule has 0 aliphatic carbocycles. The maximum Gasteiger partial charge on any atom is 0.191 e. The summed E-state index contributed by atoms with van der Waals surface area (Å²) in [6, 6.07) is 4.13. The van der Waals surface area contributed by atoms with E-state index in [0.29, 0.717) is 13.1 Å². The monoisotopic (exact) mass is 395 g/mol. The second-order valence-corrected chi connectivity index (χ2v) is 7.72. The Morgan fingerprint density at radius 3 is 2.50 bits per heavy atom. The van der Waals surface area contributed by atoms with Crippen LogP contribution < -0.4 is 15.5 Å². The lowest BCUT2D eigenvalue weighted by Gasteiger charge is -2.21. The molecule has 158 valence electrons. The van der Waals surface area contributed by atoms with E-state index in [0.717, 1.165) is 31.9 Å². The van der Waals surface area contributed by atoms with Gasteiger partial charge in [-0.2, -0.15) is 0 Å². The van der Waals surface area contributed by atoms with Gasteiger partial charge in [-0.15, -0.1) is 0 Å². The molecule has 28 heavy (non-hydrogen) atoms. The highest BCUT2D eigenvalue weighted by atomic mass is 19.1. The predicted molar refractivity (Wildman–Crippen MR) is 113 cm³/mol. The third-order valence-corrected chi connectivity index (χ3v) is 5.08. The third kappa shape index (κ3) is 7.26. The molecule has 0 radical (unpaired) electrons. The van der Waals surface area contributed by atoms with Gasteiger partial charge in [-0.05, 0) is 52.0 Å². The summed E-state index contributed by atoms with van der Waals surface area (Å²) in [6.07, 6.45) is 6.93. The lowest BCUT2D eigenvalue weighted by molar-refractivity contribution is 0.389. The molecule has 0 bridgehead atoms. The minimum atomic E-state index is -0.506. The Bertz CT molecular complexity index is 601. The van der Waals surface area contributed by atoms with Crippen molar-refractivity contribution in [1.82, 2.24) is 15.5 Å². The summed E-state index contributed by atoms with van der Waals surface area (Å²) in [7, 11) is 5.97. The van der Waals surface area contributed by atoms with Crippen molar-refractivity contribution in [3.63, 3.8) is 0 Å². The summed E-state index contributed by atoms with van der Waals surface area (Å²) in [4.78, 5) is 8.26. The Kier molecular flexibility index (Phi) is 9.47. The van der Waals surface area contributed by atoms with Gasteiger partial charge in [0.2, 0.25) is 0 Å². The normalized spacial score (nSPS) is 17.4. The van der Waals surface area contributed by atoms with Crippen molar-refractivity contribution in [2.24, 2.45) is 4.99 Å². The Labute approximate surface area is 168 Å². The van der Waals surface area contributed by atoms with Crippen LogP contribution in [-0.2, 0) is 0 Å². The van der Waals surface area contributed by atoms with Crippen LogP contribution in [0.25, 0.3) is 0 Å². The van der Waals surface area contributed by atoms with Gasteiger partial charge in [0.25, 0.3) is 0 Å². The largest absolute Gasteiger partial charge is 0.365 e. The molecule has 1 aromatic carbocycles. The van der Waals surface area contributed by atoms with Crippen LogP contribution in [0.15, 0.2) is 23.2 Å². The molecule has 1 aliphatic heterocycles. The first-order chi connectivity index (χ1) is 13.5. The van der Waals surface area contributed by atoms with E-state index >= 15 is 0 Å². The van der Waals surface area contributed by atoms with Crippen LogP contribution in [0.3, 0.4) is 0 Å². The van der Waals surface area contributed by atoms with E-state index in [1.807, 2.05) is 0 Å². The molecule has 0 spiro atoms. The number of guanidine groups is 1. The van der Waals surface area contributed by atoms with Crippen molar-refractivity contribution < 1.29 is 8.78 Å². The maximum absolute atomic E-state index is 14.0. The van der Waals surface area contributed by atoms with E-state index < -0.39 is 11.6 Å². The molecule has 2 rings (SSSR count). The minimum Gasteiger partial charge on any atom is -0.365 e. The average molecular weight is 396 g/mol. The van der Waals surface area contributed by atoms with E-state index in [1.165, 1.54) is 43.9 Å². The van der Waals surface area contributed by atoms with Gasteiger partial charge >= 0.3 is 0 Å². The summed E-state index contributed by atoms with van der Waals surface area (Å²) in [6.45, 7) is 3.22. The number of hydrogen-bond donors (Lipinski definition) is 2. The lowest BCUT2D eigenvalue weighted by Crippen LogP contribution is -2.45. The molecule has 1 aromatic rings. The van der Waals surface area contributed by atoms with Crippen molar-refractivity contribution in [3.8, 4) is 0 Å². The fraction of sp³-hybridized carbons (Fsp3) is 0.667. The zero-order valence-electron chi connectivity index (χ0n) is 17.5. The second-order valence-electron chi connectivity index (χ2n) is 7.72. The number of para-hydroxylation sites is 1. The summed E-state index contributed by atoms with van der Waals surface area (Å²) in [5.41, 5.74) is 0.0732. The number of hydrogen-bond acceptors (Lipinski definition) is 3. The van der Waals surface area contributed by atoms with Gasteiger partial charge in [-0.3, -0.25) is 4.99 Å². The number of anilines is 1. The van der Waals surface area contributed by atoms with Crippen LogP contribution in [0, 0.1) is 11.6 Å². The van der Waals surface area contributed by atoms with Crippen LogP contribution >= 0.6 is 0 Å². The van der Waals surface area contributed by atoms with Crippen LogP contribution in [0.4, 0.5) is 14.5 Å². The molecule has 2 N–H and O–H groups in total. The van der Waals surface area contributed by atoms with Gasteiger partial charge < -0.3 is 20.4 Å². The van der Waals surface area contributed by atoms with Crippen LogP contribution in [0.5, 0.6) is 0 Å². The Morgan fingerprint density at radius 2 is 1.82 bits per heavy atom. The SMILES string of the molecule is CN=C(NCCCCCCCN(C)C)NC1CCN(c2c(F)cccc2F)C1. The fourth-order valence-corrected chi connectivity index (χ4v) is 3.55. The van der Waals surface area contributed by atoms with Crippen molar-refractivity contribution in [1.29, 1.82) is 0 Å². The highest BCUT2D eigenvalue weighted by Gasteiger charge is 2.27. The first-order valence-electron chi connectivity index (χ1n) is 10.3. The smallest absolute Gasteiger partial charge is 0.191 e. The van der Waals surface area contributed by atoms with Crippen LogP contribution in [0.1, 0.15) is 38.5 Å². The first-order valence-corrected chi connectivity index (χ1v) is 10.3. The Hall–Kier alpha value is -1.89. The molecule has 1 fully saturated rings. The Morgan fingerprint density at radius 1 is 1.14 bits per heavy atom. The summed E-state index contributed by atoms with van der Waals surface area (Å²) < 4.78 is 27.9. The van der Waals surface area contributed by atoms with Gasteiger partial charge in [0.05, 0.1) is 0 Å². The van der Waals surface area contributed by atoms with E-state index in [9.17, 15) is 8.78 Å². The van der Waals surface area contributed by atoms with Crippen molar-refractivity contribution in [3.05, 3.63) is 29.8 Å². The molecule has 0 saturated carbocycles. The summed E-state index contributed by atoms with van der Waals surface area (Å²) in [5, 5.41) is 6.72. The number of rotatable bonds is 10. The van der Waals surface area contributed by atoms with Crippen LogP contribution in [0.2, 0.25) is 0 Å². The number of unbranched alkanes of at least 4 members (excludes halogenated alkanes) is 4. The fourth-order valence-electron chi connectivity index (χ4n) is 3.55. The van der Waals surface area contributed by atoms with Crippen molar-refractivity contribution in [2.45, 2.75) is 44.6 Å². The molecule has 7 heteroatoms. The standard InChI is InChI=1S/C21H35F2N5/c1-24-21(25-13-7-5-4-6-8-14-27(2)3)26-17-12-15-28(16-17)20-18(22)10-9-11-19(20)23/h9-11,17H,4-8,12-16H2,1-3H3,(H2,24,25,26). The van der Waals surface area contributed by atoms with Gasteiger partial charge in [0, 0.05) is 32.7 Å². The molecule has 1 heterocycles. The predicted octanol–water partition coefficient (Wildman–Crippen LogP) is 3.22. The van der Waals surface area contributed by atoms with Gasteiger partial charge in [0.1, 0.15) is 17.3 Å². The second kappa shape index (κ2) is 11.8. The molecule has 0 aromatic heterocycles. The van der Waals surface area contributed by atoms with Gasteiger partial charge in [0.15, 0.2) is 5.96 Å². The van der Waals surface area contributed by atoms with E-state index in [2.05, 4.69) is 34.6 Å². The Balaban J connectivity index is 1.66. The van der Waals surface area contributed by atoms with Crippen molar-refractivity contribution in [2.75, 3.05) is 52.2 Å². The summed E-state index contributed by atoms with van der Waals surface area (Å²) in [5.74, 6) is -0.254. The zero-order valence-corrected chi connectivity index (χ0v) is 17.5. The number of nitrogens with zero attached hydrogens (tertiary/aromatic N) is 3. The molecular formula is C21H35F2N5. The quantitative estimate of drug-likeness (QED) is 0.363. The van der Waals surface area contributed by atoms with E-state index in [4.69, 9.17) is 0 Å². The third-order valence-electron chi connectivity index (χ3n) is 5.08. The van der Waals surface area contributed by atoms with E-state index in [1.54, 1.807) is 11.9 Å². The van der Waals surface area contributed by atoms with Gasteiger partial charge in [-0.25, -0.2) is 8.78 Å². The number of halogens is 2. The van der Waals surface area contributed by atoms with Crippen molar-refractivity contribution >= 4 is 11.6 Å². The molecular weight excluding hydrogens is 360 g/mol. The molecule has 0 amide bonds. The molecule has 1 saturated heterocycles. The average Bonchev–Trinajstić information content (AvgIpc) is 3.10. The minimum absolute atomic E-state index is 0.0732. The molecule has 5 nitrogen and oxygen atoms in total. The molecule has 1 atom stereocenters. The summed E-state index contributed by atoms with van der Waals surface area (Å²) >= 11 is 0.